The molecule has 4 nitrogen and oxygen atoms in total. The SMILES string of the molecule is O=C1NS(=O)(=O)c2c(Cl)cc(Cl)cc21. The smallest absolute Gasteiger partial charge is 0.266 e. The summed E-state index contributed by atoms with van der Waals surface area (Å²) >= 11 is 11.3. The molecule has 0 bridgehead atoms. The minimum absolute atomic E-state index is 0.0116. The number of carbonyl (C=O) groups is 1. The number of rotatable bonds is 0. The van der Waals surface area contributed by atoms with Crippen molar-refractivity contribution in [2.75, 3.05) is 0 Å². The van der Waals surface area contributed by atoms with Gasteiger partial charge >= 0.3 is 0 Å². The molecular weight excluding hydrogens is 249 g/mol. The van der Waals surface area contributed by atoms with Gasteiger partial charge in [-0.3, -0.25) is 4.79 Å². The lowest BCUT2D eigenvalue weighted by molar-refractivity contribution is 0.0985. The van der Waals surface area contributed by atoms with Gasteiger partial charge in [-0.1, -0.05) is 23.2 Å². The normalized spacial score (nSPS) is 17.7. The first-order valence-corrected chi connectivity index (χ1v) is 5.72. The molecular formula is C7H3Cl2NO3S. The molecule has 1 heterocycles. The standard InChI is InChI=1S/C7H3Cl2NO3S/c8-3-1-4-6(5(9)2-3)14(12,13)10-7(4)11/h1-2H,(H,10,11). The fourth-order valence-electron chi connectivity index (χ4n) is 1.23. The Morgan fingerprint density at radius 1 is 1.21 bits per heavy atom. The van der Waals surface area contributed by atoms with Gasteiger partial charge in [-0.2, -0.15) is 0 Å². The van der Waals surface area contributed by atoms with Crippen molar-refractivity contribution in [1.82, 2.24) is 4.72 Å². The molecule has 0 unspecified atom stereocenters. The Kier molecular flexibility index (Phi) is 1.99. The number of carbonyl (C=O) groups excluding carboxylic acids is 1. The van der Waals surface area contributed by atoms with E-state index in [2.05, 4.69) is 0 Å². The molecule has 0 atom stereocenters. The van der Waals surface area contributed by atoms with Crippen molar-refractivity contribution in [2.24, 2.45) is 0 Å². The van der Waals surface area contributed by atoms with Crippen molar-refractivity contribution in [3.05, 3.63) is 27.7 Å². The third-order valence-corrected chi connectivity index (χ3v) is 3.81. The summed E-state index contributed by atoms with van der Waals surface area (Å²) in [5, 5.41) is 0.173. The first-order valence-electron chi connectivity index (χ1n) is 3.48. The summed E-state index contributed by atoms with van der Waals surface area (Å²) in [6.45, 7) is 0. The minimum atomic E-state index is -3.79. The van der Waals surface area contributed by atoms with Crippen molar-refractivity contribution >= 4 is 39.1 Å². The summed E-state index contributed by atoms with van der Waals surface area (Å²) in [6, 6.07) is 2.54. The maximum Gasteiger partial charge on any atom is 0.266 e. The van der Waals surface area contributed by atoms with Crippen molar-refractivity contribution in [2.45, 2.75) is 4.90 Å². The van der Waals surface area contributed by atoms with Crippen LogP contribution in [0.25, 0.3) is 0 Å². The Bertz CT molecular complexity index is 538. The van der Waals surface area contributed by atoms with E-state index in [0.29, 0.717) is 0 Å². The summed E-state index contributed by atoms with van der Waals surface area (Å²) in [4.78, 5) is 11.0. The molecule has 1 aromatic rings. The van der Waals surface area contributed by atoms with Gasteiger partial charge in [-0.15, -0.1) is 0 Å². The van der Waals surface area contributed by atoms with Crippen LogP contribution in [0.5, 0.6) is 0 Å². The van der Waals surface area contributed by atoms with E-state index in [1.54, 1.807) is 0 Å². The van der Waals surface area contributed by atoms with E-state index in [9.17, 15) is 13.2 Å². The number of fused-ring (bicyclic) bond motifs is 1. The molecule has 2 rings (SSSR count). The van der Waals surface area contributed by atoms with Gasteiger partial charge in [0, 0.05) is 5.02 Å². The van der Waals surface area contributed by atoms with Crippen molar-refractivity contribution < 1.29 is 13.2 Å². The Morgan fingerprint density at radius 2 is 1.86 bits per heavy atom. The van der Waals surface area contributed by atoms with E-state index in [1.165, 1.54) is 12.1 Å². The van der Waals surface area contributed by atoms with Crippen LogP contribution >= 0.6 is 23.2 Å². The predicted octanol–water partition coefficient (Wildman–Crippen LogP) is 1.43. The fraction of sp³-hybridized carbons (Fsp3) is 0. The van der Waals surface area contributed by atoms with Crippen LogP contribution in [-0.2, 0) is 10.0 Å². The van der Waals surface area contributed by atoms with Crippen molar-refractivity contribution in [3.8, 4) is 0 Å². The molecule has 0 aliphatic carbocycles. The Balaban J connectivity index is 2.89. The van der Waals surface area contributed by atoms with Gasteiger partial charge in [-0.25, -0.2) is 13.1 Å². The molecule has 0 saturated carbocycles. The molecule has 0 spiro atoms. The minimum Gasteiger partial charge on any atom is -0.268 e. The van der Waals surface area contributed by atoms with Crippen LogP contribution in [-0.4, -0.2) is 14.3 Å². The second-order valence-electron chi connectivity index (χ2n) is 2.70. The number of sulfonamides is 1. The molecule has 7 heteroatoms. The highest BCUT2D eigenvalue weighted by Gasteiger charge is 2.35. The van der Waals surface area contributed by atoms with Gasteiger partial charge in [-0.05, 0) is 12.1 Å². The summed E-state index contributed by atoms with van der Waals surface area (Å²) in [6.07, 6.45) is 0. The maximum absolute atomic E-state index is 11.3. The van der Waals surface area contributed by atoms with E-state index in [1.807, 2.05) is 4.72 Å². The lowest BCUT2D eigenvalue weighted by atomic mass is 10.2. The number of hydrogen-bond acceptors (Lipinski definition) is 3. The quantitative estimate of drug-likeness (QED) is 0.759. The summed E-state index contributed by atoms with van der Waals surface area (Å²) in [5.74, 6) is -0.704. The van der Waals surface area contributed by atoms with Crippen LogP contribution in [0.1, 0.15) is 10.4 Å². The first kappa shape index (κ1) is 9.76. The highest BCUT2D eigenvalue weighted by atomic mass is 35.5. The van der Waals surface area contributed by atoms with Crippen LogP contribution in [0.3, 0.4) is 0 Å². The van der Waals surface area contributed by atoms with E-state index in [-0.39, 0.29) is 20.5 Å². The van der Waals surface area contributed by atoms with Crippen molar-refractivity contribution in [3.63, 3.8) is 0 Å². The summed E-state index contributed by atoms with van der Waals surface area (Å²) in [5.41, 5.74) is -0.0116. The van der Waals surface area contributed by atoms with Gasteiger partial charge in [0.2, 0.25) is 0 Å². The van der Waals surface area contributed by atoms with Gasteiger partial charge in [0.25, 0.3) is 15.9 Å². The molecule has 0 fully saturated rings. The van der Waals surface area contributed by atoms with Crippen molar-refractivity contribution in [1.29, 1.82) is 0 Å². The zero-order valence-corrected chi connectivity index (χ0v) is 8.87. The summed E-state index contributed by atoms with van der Waals surface area (Å²) < 4.78 is 24.5. The van der Waals surface area contributed by atoms with E-state index in [4.69, 9.17) is 23.2 Å². The zero-order chi connectivity index (χ0) is 10.5. The summed E-state index contributed by atoms with van der Waals surface area (Å²) in [7, 11) is -3.79. The lowest BCUT2D eigenvalue weighted by Crippen LogP contribution is -2.20. The van der Waals surface area contributed by atoms with E-state index in [0.717, 1.165) is 0 Å². The number of amides is 1. The topological polar surface area (TPSA) is 63.2 Å². The molecule has 1 aliphatic rings. The molecule has 74 valence electrons. The van der Waals surface area contributed by atoms with Crippen LogP contribution in [0.2, 0.25) is 10.0 Å². The average Bonchev–Trinajstić information content (AvgIpc) is 2.21. The monoisotopic (exact) mass is 251 g/mol. The lowest BCUT2D eigenvalue weighted by Gasteiger charge is -1.98. The third-order valence-electron chi connectivity index (χ3n) is 1.75. The zero-order valence-electron chi connectivity index (χ0n) is 6.54. The van der Waals surface area contributed by atoms with E-state index < -0.39 is 15.9 Å². The number of hydrogen-bond donors (Lipinski definition) is 1. The molecule has 1 aliphatic heterocycles. The maximum atomic E-state index is 11.3. The van der Waals surface area contributed by atoms with Gasteiger partial charge < -0.3 is 0 Å². The predicted molar refractivity (Wildman–Crippen MR) is 51.1 cm³/mol. The van der Waals surface area contributed by atoms with Crippen LogP contribution in [0.15, 0.2) is 17.0 Å². The average molecular weight is 252 g/mol. The van der Waals surface area contributed by atoms with Gasteiger partial charge in [0.05, 0.1) is 10.6 Å². The molecule has 0 aromatic heterocycles. The van der Waals surface area contributed by atoms with Crippen LogP contribution in [0.4, 0.5) is 0 Å². The van der Waals surface area contributed by atoms with Crippen LogP contribution in [0, 0.1) is 0 Å². The molecule has 0 saturated heterocycles. The largest absolute Gasteiger partial charge is 0.268 e. The third kappa shape index (κ3) is 1.28. The molecule has 1 N–H and O–H groups in total. The number of halogens is 2. The van der Waals surface area contributed by atoms with E-state index >= 15 is 0 Å². The number of nitrogens with one attached hydrogen (secondary N) is 1. The number of benzene rings is 1. The highest BCUT2D eigenvalue weighted by molar-refractivity contribution is 7.90. The molecule has 14 heavy (non-hydrogen) atoms. The van der Waals surface area contributed by atoms with Gasteiger partial charge in [0.1, 0.15) is 4.90 Å². The second kappa shape index (κ2) is 2.85. The molecule has 0 radical (unpaired) electrons. The molecule has 1 aromatic carbocycles. The second-order valence-corrected chi connectivity index (χ2v) is 5.16. The molecule has 1 amide bonds. The van der Waals surface area contributed by atoms with Crippen LogP contribution < -0.4 is 4.72 Å². The fourth-order valence-corrected chi connectivity index (χ4v) is 3.24. The highest BCUT2D eigenvalue weighted by Crippen LogP contribution is 2.32. The van der Waals surface area contributed by atoms with Gasteiger partial charge in [0.15, 0.2) is 0 Å². The Morgan fingerprint density at radius 3 is 2.50 bits per heavy atom. The Labute approximate surface area is 89.9 Å². The first-order chi connectivity index (χ1) is 6.42. The Hall–Kier alpha value is -0.780.